The summed E-state index contributed by atoms with van der Waals surface area (Å²) in [6.07, 6.45) is 0.892. The number of fused-ring (bicyclic) bond motifs is 3. The van der Waals surface area contributed by atoms with Gasteiger partial charge < -0.3 is 4.74 Å². The van der Waals surface area contributed by atoms with Crippen LogP contribution in [0, 0.1) is 5.92 Å². The molecule has 2 aromatic heterocycles. The number of aromatic nitrogens is 4. The number of hydrogen-bond donors (Lipinski definition) is 0. The van der Waals surface area contributed by atoms with Gasteiger partial charge in [-0.3, -0.25) is 13.8 Å². The van der Waals surface area contributed by atoms with E-state index in [0.29, 0.717) is 34.4 Å². The molecule has 0 amide bonds. The molecule has 4 aromatic rings. The molecule has 0 N–H and O–H groups in total. The number of hydrogen-bond acceptors (Lipinski definition) is 5. The minimum absolute atomic E-state index is 0.0285. The molecule has 30 heavy (non-hydrogen) atoms. The van der Waals surface area contributed by atoms with Gasteiger partial charge >= 0.3 is 0 Å². The molecule has 0 fully saturated rings. The number of methoxy groups -OCH3 is 1. The SMILES string of the molecule is COc1ccc(Cl)cc1CSc1nnc2n(CCC(C)C)c(=O)c3ccccc3n12. The molecule has 2 aromatic carbocycles. The van der Waals surface area contributed by atoms with Gasteiger partial charge in [-0.2, -0.15) is 0 Å². The maximum absolute atomic E-state index is 13.1. The summed E-state index contributed by atoms with van der Waals surface area (Å²) in [6.45, 7) is 4.90. The van der Waals surface area contributed by atoms with E-state index in [-0.39, 0.29) is 5.56 Å². The van der Waals surface area contributed by atoms with E-state index in [9.17, 15) is 4.79 Å². The van der Waals surface area contributed by atoms with Crippen LogP contribution in [0.3, 0.4) is 0 Å². The summed E-state index contributed by atoms with van der Waals surface area (Å²) in [7, 11) is 1.64. The van der Waals surface area contributed by atoms with Gasteiger partial charge in [0.25, 0.3) is 5.56 Å². The van der Waals surface area contributed by atoms with Crippen LogP contribution in [0.25, 0.3) is 16.7 Å². The van der Waals surface area contributed by atoms with Gasteiger partial charge in [0.1, 0.15) is 5.75 Å². The van der Waals surface area contributed by atoms with Crippen LogP contribution in [-0.4, -0.2) is 26.3 Å². The van der Waals surface area contributed by atoms with Crippen molar-refractivity contribution >= 4 is 40.0 Å². The highest BCUT2D eigenvalue weighted by Crippen LogP contribution is 2.30. The minimum Gasteiger partial charge on any atom is -0.496 e. The first-order valence-electron chi connectivity index (χ1n) is 9.81. The van der Waals surface area contributed by atoms with Crippen LogP contribution in [0.4, 0.5) is 0 Å². The van der Waals surface area contributed by atoms with E-state index < -0.39 is 0 Å². The fraction of sp³-hybridized carbons (Fsp3) is 0.318. The van der Waals surface area contributed by atoms with Crippen LogP contribution in [-0.2, 0) is 12.3 Å². The third-order valence-electron chi connectivity index (χ3n) is 5.01. The number of rotatable bonds is 7. The summed E-state index contributed by atoms with van der Waals surface area (Å²) in [5.41, 5.74) is 1.76. The Hall–Kier alpha value is -2.51. The minimum atomic E-state index is -0.0285. The van der Waals surface area contributed by atoms with Gasteiger partial charge in [-0.25, -0.2) is 0 Å². The number of halogens is 1. The topological polar surface area (TPSA) is 61.4 Å². The van der Waals surface area contributed by atoms with E-state index in [1.54, 1.807) is 11.7 Å². The Labute approximate surface area is 183 Å². The quantitative estimate of drug-likeness (QED) is 0.375. The lowest BCUT2D eigenvalue weighted by molar-refractivity contribution is 0.411. The zero-order valence-electron chi connectivity index (χ0n) is 17.1. The first-order chi connectivity index (χ1) is 14.5. The number of aryl methyl sites for hydroxylation is 1. The third kappa shape index (κ3) is 3.91. The first-order valence-corrected chi connectivity index (χ1v) is 11.2. The maximum Gasteiger partial charge on any atom is 0.262 e. The lowest BCUT2D eigenvalue weighted by Crippen LogP contribution is -2.24. The average Bonchev–Trinajstić information content (AvgIpc) is 3.16. The number of ether oxygens (including phenoxy) is 1. The second-order valence-electron chi connectivity index (χ2n) is 7.52. The summed E-state index contributed by atoms with van der Waals surface area (Å²) in [4.78, 5) is 13.1. The Morgan fingerprint density at radius 3 is 2.73 bits per heavy atom. The summed E-state index contributed by atoms with van der Waals surface area (Å²) in [5, 5.41) is 10.8. The number of benzene rings is 2. The largest absolute Gasteiger partial charge is 0.496 e. The molecule has 0 aliphatic carbocycles. The Kier molecular flexibility index (Phi) is 6.01. The van der Waals surface area contributed by atoms with Gasteiger partial charge in [0.15, 0.2) is 5.16 Å². The van der Waals surface area contributed by atoms with Gasteiger partial charge in [0.05, 0.1) is 18.0 Å². The first kappa shape index (κ1) is 20.8. The molecule has 0 bridgehead atoms. The average molecular weight is 443 g/mol. The van der Waals surface area contributed by atoms with Crippen molar-refractivity contribution in [1.82, 2.24) is 19.2 Å². The highest BCUT2D eigenvalue weighted by Gasteiger charge is 2.17. The zero-order chi connectivity index (χ0) is 21.3. The van der Waals surface area contributed by atoms with Gasteiger partial charge in [-0.1, -0.05) is 49.3 Å². The summed E-state index contributed by atoms with van der Waals surface area (Å²) in [5.74, 6) is 2.44. The van der Waals surface area contributed by atoms with E-state index in [0.717, 1.165) is 28.4 Å². The fourth-order valence-corrected chi connectivity index (χ4v) is 4.53. The molecule has 0 saturated heterocycles. The monoisotopic (exact) mass is 442 g/mol. The van der Waals surface area contributed by atoms with Gasteiger partial charge in [-0.15, -0.1) is 10.2 Å². The standard InChI is InChI=1S/C22H23ClN4O2S/c1-14(2)10-11-26-20(28)17-6-4-5-7-18(17)27-21(26)24-25-22(27)30-13-15-12-16(23)8-9-19(15)29-3/h4-9,12,14H,10-11,13H2,1-3H3. The Morgan fingerprint density at radius 2 is 1.97 bits per heavy atom. The third-order valence-corrected chi connectivity index (χ3v) is 6.22. The van der Waals surface area contributed by atoms with E-state index in [1.807, 2.05) is 46.9 Å². The number of para-hydroxylation sites is 1. The summed E-state index contributed by atoms with van der Waals surface area (Å²) in [6, 6.07) is 13.2. The van der Waals surface area contributed by atoms with Gasteiger partial charge in [-0.05, 0) is 42.7 Å². The van der Waals surface area contributed by atoms with Crippen LogP contribution >= 0.6 is 23.4 Å². The molecule has 6 nitrogen and oxygen atoms in total. The van der Waals surface area contributed by atoms with Gasteiger partial charge in [0.2, 0.25) is 5.78 Å². The lowest BCUT2D eigenvalue weighted by Gasteiger charge is -2.12. The maximum atomic E-state index is 13.1. The molecule has 0 unspecified atom stereocenters. The van der Waals surface area contributed by atoms with E-state index >= 15 is 0 Å². The number of thioether (sulfide) groups is 1. The van der Waals surface area contributed by atoms with Crippen LogP contribution in [0.15, 0.2) is 52.4 Å². The van der Waals surface area contributed by atoms with Crippen molar-refractivity contribution < 1.29 is 4.74 Å². The molecule has 8 heteroatoms. The normalized spacial score (nSPS) is 11.6. The van der Waals surface area contributed by atoms with Gasteiger partial charge in [0, 0.05) is 22.9 Å². The van der Waals surface area contributed by atoms with Crippen LogP contribution in [0.2, 0.25) is 5.02 Å². The van der Waals surface area contributed by atoms with Crippen molar-refractivity contribution in [1.29, 1.82) is 0 Å². The van der Waals surface area contributed by atoms with Crippen molar-refractivity contribution in [2.75, 3.05) is 7.11 Å². The molecule has 0 radical (unpaired) electrons. The molecule has 0 atom stereocenters. The number of nitrogens with zero attached hydrogens (tertiary/aromatic N) is 4. The molecule has 0 saturated carbocycles. The predicted molar refractivity (Wildman–Crippen MR) is 122 cm³/mol. The van der Waals surface area contributed by atoms with E-state index in [4.69, 9.17) is 16.3 Å². The van der Waals surface area contributed by atoms with Crippen molar-refractivity contribution in [3.8, 4) is 5.75 Å². The Morgan fingerprint density at radius 1 is 1.17 bits per heavy atom. The summed E-state index contributed by atoms with van der Waals surface area (Å²) < 4.78 is 9.16. The second kappa shape index (κ2) is 8.70. The highest BCUT2D eigenvalue weighted by molar-refractivity contribution is 7.98. The Balaban J connectivity index is 1.80. The van der Waals surface area contributed by atoms with E-state index in [1.165, 1.54) is 11.8 Å². The molecular formula is C22H23ClN4O2S. The fourth-order valence-electron chi connectivity index (χ4n) is 3.42. The van der Waals surface area contributed by atoms with Crippen molar-refractivity contribution in [3.63, 3.8) is 0 Å². The van der Waals surface area contributed by atoms with Crippen LogP contribution < -0.4 is 10.3 Å². The lowest BCUT2D eigenvalue weighted by atomic mass is 10.1. The molecule has 0 aliphatic heterocycles. The molecule has 156 valence electrons. The van der Waals surface area contributed by atoms with Crippen LogP contribution in [0.1, 0.15) is 25.8 Å². The summed E-state index contributed by atoms with van der Waals surface area (Å²) >= 11 is 7.71. The van der Waals surface area contributed by atoms with Crippen molar-refractivity contribution in [3.05, 3.63) is 63.4 Å². The molecule has 4 rings (SSSR count). The van der Waals surface area contributed by atoms with E-state index in [2.05, 4.69) is 24.0 Å². The molecule has 0 aliphatic rings. The smallest absolute Gasteiger partial charge is 0.262 e. The molecular weight excluding hydrogens is 420 g/mol. The van der Waals surface area contributed by atoms with Crippen molar-refractivity contribution in [2.24, 2.45) is 5.92 Å². The van der Waals surface area contributed by atoms with Crippen LogP contribution in [0.5, 0.6) is 5.75 Å². The molecule has 2 heterocycles. The highest BCUT2D eigenvalue weighted by atomic mass is 35.5. The van der Waals surface area contributed by atoms with Crippen molar-refractivity contribution in [2.45, 2.75) is 37.7 Å². The second-order valence-corrected chi connectivity index (χ2v) is 8.90. The Bertz CT molecular complexity index is 1270. The predicted octanol–water partition coefficient (Wildman–Crippen LogP) is 5.04. The molecule has 0 spiro atoms. The zero-order valence-corrected chi connectivity index (χ0v) is 18.7.